The maximum atomic E-state index is 12.5. The molecule has 2 aromatic rings. The lowest BCUT2D eigenvalue weighted by Gasteiger charge is -2.34. The molecule has 1 fully saturated rings. The number of amides is 1. The molecule has 1 aliphatic rings. The van der Waals surface area contributed by atoms with Crippen LogP contribution in [0.2, 0.25) is 0 Å². The highest BCUT2D eigenvalue weighted by molar-refractivity contribution is 5.92. The summed E-state index contributed by atoms with van der Waals surface area (Å²) in [6.45, 7) is 4.79. The molecule has 1 aromatic heterocycles. The van der Waals surface area contributed by atoms with E-state index >= 15 is 0 Å². The lowest BCUT2D eigenvalue weighted by molar-refractivity contribution is -0.126. The molecule has 0 spiro atoms. The molecule has 142 valence electrons. The van der Waals surface area contributed by atoms with Crippen molar-refractivity contribution in [2.45, 2.75) is 6.92 Å². The number of piperazine rings is 1. The van der Waals surface area contributed by atoms with Crippen LogP contribution in [0.3, 0.4) is 0 Å². The fourth-order valence-electron chi connectivity index (χ4n) is 3.00. The average Bonchev–Trinajstić information content (AvgIpc) is 2.71. The Morgan fingerprint density at radius 3 is 2.44 bits per heavy atom. The second-order valence-corrected chi connectivity index (χ2v) is 6.28. The fraction of sp³-hybridized carbons (Fsp3) is 0.350. The van der Waals surface area contributed by atoms with E-state index in [4.69, 9.17) is 9.47 Å². The number of nitrogens with zero attached hydrogens (tertiary/aromatic N) is 4. The third-order valence-electron chi connectivity index (χ3n) is 4.53. The van der Waals surface area contributed by atoms with E-state index in [0.29, 0.717) is 24.6 Å². The predicted molar refractivity (Wildman–Crippen MR) is 104 cm³/mol. The molecule has 7 heteroatoms. The number of aryl methyl sites for hydroxylation is 1. The summed E-state index contributed by atoms with van der Waals surface area (Å²) >= 11 is 0. The molecule has 0 N–H and O–H groups in total. The second-order valence-electron chi connectivity index (χ2n) is 6.28. The first-order chi connectivity index (χ1) is 13.1. The zero-order chi connectivity index (χ0) is 19.2. The molecular weight excluding hydrogens is 344 g/mol. The van der Waals surface area contributed by atoms with Gasteiger partial charge in [-0.2, -0.15) is 0 Å². The standard InChI is InChI=1S/C20H24N4O3/c1-15-12-19(22-14-21-15)23-8-10-24(11-9-23)20(25)7-5-16-4-6-17(26-2)18(13-16)27-3/h4-7,12-14H,8-11H2,1-3H3/b7-5+. The van der Waals surface area contributed by atoms with Crippen LogP contribution in [0.25, 0.3) is 6.08 Å². The van der Waals surface area contributed by atoms with Gasteiger partial charge in [0.1, 0.15) is 12.1 Å². The topological polar surface area (TPSA) is 67.8 Å². The van der Waals surface area contributed by atoms with E-state index in [1.54, 1.807) is 32.7 Å². The predicted octanol–water partition coefficient (Wildman–Crippen LogP) is 2.16. The van der Waals surface area contributed by atoms with Crippen molar-refractivity contribution in [2.75, 3.05) is 45.3 Å². The highest BCUT2D eigenvalue weighted by Gasteiger charge is 2.20. The largest absolute Gasteiger partial charge is 0.493 e. The summed E-state index contributed by atoms with van der Waals surface area (Å²) in [5, 5.41) is 0. The average molecular weight is 368 g/mol. The van der Waals surface area contributed by atoms with Crippen LogP contribution in [0.5, 0.6) is 11.5 Å². The highest BCUT2D eigenvalue weighted by Crippen LogP contribution is 2.28. The summed E-state index contributed by atoms with van der Waals surface area (Å²) in [7, 11) is 3.19. The van der Waals surface area contributed by atoms with Crippen molar-refractivity contribution in [3.05, 3.63) is 47.9 Å². The maximum Gasteiger partial charge on any atom is 0.246 e. The van der Waals surface area contributed by atoms with Crippen LogP contribution in [-0.4, -0.2) is 61.2 Å². The van der Waals surface area contributed by atoms with Gasteiger partial charge < -0.3 is 19.3 Å². The number of anilines is 1. The number of hydrogen-bond acceptors (Lipinski definition) is 6. The molecule has 3 rings (SSSR count). The number of hydrogen-bond donors (Lipinski definition) is 0. The van der Waals surface area contributed by atoms with Crippen LogP contribution in [0, 0.1) is 6.92 Å². The summed E-state index contributed by atoms with van der Waals surface area (Å²) in [5.41, 5.74) is 1.83. The van der Waals surface area contributed by atoms with E-state index in [0.717, 1.165) is 30.2 Å². The van der Waals surface area contributed by atoms with E-state index in [9.17, 15) is 4.79 Å². The van der Waals surface area contributed by atoms with Crippen LogP contribution in [-0.2, 0) is 4.79 Å². The van der Waals surface area contributed by atoms with Crippen molar-refractivity contribution in [3.8, 4) is 11.5 Å². The first kappa shape index (κ1) is 18.7. The molecule has 0 saturated carbocycles. The Hall–Kier alpha value is -3.09. The van der Waals surface area contributed by atoms with Gasteiger partial charge >= 0.3 is 0 Å². The van der Waals surface area contributed by atoms with Gasteiger partial charge in [0.05, 0.1) is 14.2 Å². The summed E-state index contributed by atoms with van der Waals surface area (Å²) < 4.78 is 10.5. The number of carbonyl (C=O) groups excluding carboxylic acids is 1. The zero-order valence-electron chi connectivity index (χ0n) is 15.9. The van der Waals surface area contributed by atoms with Gasteiger partial charge in [-0.15, -0.1) is 0 Å². The third-order valence-corrected chi connectivity index (χ3v) is 4.53. The number of aromatic nitrogens is 2. The van der Waals surface area contributed by atoms with Crippen molar-refractivity contribution >= 4 is 17.8 Å². The third kappa shape index (κ3) is 4.55. The van der Waals surface area contributed by atoms with Gasteiger partial charge in [-0.05, 0) is 30.7 Å². The van der Waals surface area contributed by atoms with E-state index in [1.807, 2.05) is 36.1 Å². The Balaban J connectivity index is 1.59. The minimum atomic E-state index is 0.00306. The van der Waals surface area contributed by atoms with Crippen LogP contribution >= 0.6 is 0 Å². The molecule has 1 amide bonds. The molecule has 27 heavy (non-hydrogen) atoms. The van der Waals surface area contributed by atoms with E-state index < -0.39 is 0 Å². The Morgan fingerprint density at radius 2 is 1.78 bits per heavy atom. The SMILES string of the molecule is COc1ccc(/C=C/C(=O)N2CCN(c3cc(C)ncn3)CC2)cc1OC. The first-order valence-electron chi connectivity index (χ1n) is 8.83. The molecule has 0 atom stereocenters. The smallest absolute Gasteiger partial charge is 0.246 e. The van der Waals surface area contributed by atoms with E-state index in [-0.39, 0.29) is 5.91 Å². The van der Waals surface area contributed by atoms with Gasteiger partial charge in [-0.3, -0.25) is 4.79 Å². The van der Waals surface area contributed by atoms with Crippen LogP contribution in [0.1, 0.15) is 11.3 Å². The zero-order valence-corrected chi connectivity index (χ0v) is 15.9. The molecule has 2 heterocycles. The Labute approximate surface area is 159 Å². The monoisotopic (exact) mass is 368 g/mol. The fourth-order valence-corrected chi connectivity index (χ4v) is 3.00. The number of benzene rings is 1. The number of ether oxygens (including phenoxy) is 2. The molecule has 0 bridgehead atoms. The highest BCUT2D eigenvalue weighted by atomic mass is 16.5. The second kappa shape index (κ2) is 8.53. The van der Waals surface area contributed by atoms with Gasteiger partial charge in [-0.25, -0.2) is 9.97 Å². The van der Waals surface area contributed by atoms with Crippen molar-refractivity contribution in [1.82, 2.24) is 14.9 Å². The number of rotatable bonds is 5. The van der Waals surface area contributed by atoms with Gasteiger partial charge in [-0.1, -0.05) is 6.07 Å². The molecule has 0 unspecified atom stereocenters. The lowest BCUT2D eigenvalue weighted by atomic mass is 10.2. The quantitative estimate of drug-likeness (QED) is 0.754. The maximum absolute atomic E-state index is 12.5. The van der Waals surface area contributed by atoms with Gasteiger partial charge in [0, 0.05) is 44.0 Å². The number of methoxy groups -OCH3 is 2. The van der Waals surface area contributed by atoms with Crippen LogP contribution in [0.15, 0.2) is 36.7 Å². The van der Waals surface area contributed by atoms with Crippen molar-refractivity contribution < 1.29 is 14.3 Å². The van der Waals surface area contributed by atoms with E-state index in [2.05, 4.69) is 14.9 Å². The first-order valence-corrected chi connectivity index (χ1v) is 8.83. The summed E-state index contributed by atoms with van der Waals surface area (Å²) in [4.78, 5) is 25.0. The van der Waals surface area contributed by atoms with Crippen molar-refractivity contribution in [2.24, 2.45) is 0 Å². The Kier molecular flexibility index (Phi) is 5.90. The summed E-state index contributed by atoms with van der Waals surface area (Å²) in [5.74, 6) is 2.22. The van der Waals surface area contributed by atoms with Crippen molar-refractivity contribution in [1.29, 1.82) is 0 Å². The van der Waals surface area contributed by atoms with E-state index in [1.165, 1.54) is 0 Å². The molecule has 1 aromatic carbocycles. The molecule has 1 aliphatic heterocycles. The molecule has 0 aliphatic carbocycles. The lowest BCUT2D eigenvalue weighted by Crippen LogP contribution is -2.48. The minimum Gasteiger partial charge on any atom is -0.493 e. The van der Waals surface area contributed by atoms with Crippen molar-refractivity contribution in [3.63, 3.8) is 0 Å². The van der Waals surface area contributed by atoms with Crippen LogP contribution < -0.4 is 14.4 Å². The Morgan fingerprint density at radius 1 is 1.04 bits per heavy atom. The number of carbonyl (C=O) groups is 1. The Bertz CT molecular complexity index is 830. The summed E-state index contributed by atoms with van der Waals surface area (Å²) in [6.07, 6.45) is 4.98. The van der Waals surface area contributed by atoms with Gasteiger partial charge in [0.2, 0.25) is 5.91 Å². The van der Waals surface area contributed by atoms with Crippen LogP contribution in [0.4, 0.5) is 5.82 Å². The minimum absolute atomic E-state index is 0.00306. The summed E-state index contributed by atoms with van der Waals surface area (Å²) in [6, 6.07) is 7.53. The molecular formula is C20H24N4O3. The molecule has 0 radical (unpaired) electrons. The van der Waals surface area contributed by atoms with Gasteiger partial charge in [0.25, 0.3) is 0 Å². The van der Waals surface area contributed by atoms with Gasteiger partial charge in [0.15, 0.2) is 11.5 Å². The molecule has 7 nitrogen and oxygen atoms in total. The molecule has 1 saturated heterocycles. The normalized spacial score (nSPS) is 14.5.